The second kappa shape index (κ2) is 12.1. The summed E-state index contributed by atoms with van der Waals surface area (Å²) in [6.07, 6.45) is 3.29. The molecule has 0 saturated carbocycles. The van der Waals surface area contributed by atoms with E-state index in [1.54, 1.807) is 55.6 Å². The molecule has 1 aliphatic rings. The number of nitrogens with one attached hydrogen (secondary N) is 1. The van der Waals surface area contributed by atoms with Gasteiger partial charge in [-0.15, -0.1) is 0 Å². The summed E-state index contributed by atoms with van der Waals surface area (Å²) in [7, 11) is -0.651. The maximum absolute atomic E-state index is 13.4. The summed E-state index contributed by atoms with van der Waals surface area (Å²) in [6.45, 7) is 3.32. The van der Waals surface area contributed by atoms with Crippen molar-refractivity contribution in [2.45, 2.75) is 31.6 Å². The molecule has 216 valence electrons. The third kappa shape index (κ3) is 5.98. The fraction of sp³-hybridized carbons (Fsp3) is 0.345. The van der Waals surface area contributed by atoms with Crippen LogP contribution in [0, 0.1) is 0 Å². The minimum Gasteiger partial charge on any atom is -0.495 e. The molecule has 12 heteroatoms. The highest BCUT2D eigenvalue weighted by molar-refractivity contribution is 7.89. The number of benzene rings is 2. The number of nitrogens with zero attached hydrogens (tertiary/aromatic N) is 4. The number of ether oxygens (including phenoxy) is 3. The van der Waals surface area contributed by atoms with Crippen molar-refractivity contribution in [2.24, 2.45) is 0 Å². The normalized spacial score (nSPS) is 15.3. The van der Waals surface area contributed by atoms with Crippen molar-refractivity contribution in [1.29, 1.82) is 0 Å². The van der Waals surface area contributed by atoms with E-state index in [0.29, 0.717) is 47.7 Å². The van der Waals surface area contributed by atoms with Crippen molar-refractivity contribution >= 4 is 38.6 Å². The average molecular weight is 580 g/mol. The van der Waals surface area contributed by atoms with Gasteiger partial charge in [-0.25, -0.2) is 12.4 Å². The van der Waals surface area contributed by atoms with Gasteiger partial charge in [0.05, 0.1) is 43.2 Å². The number of likely N-dealkylation sites (tertiary alicyclic amines) is 1. The van der Waals surface area contributed by atoms with E-state index < -0.39 is 10.0 Å². The summed E-state index contributed by atoms with van der Waals surface area (Å²) in [5.74, 6) is 0.490. The van der Waals surface area contributed by atoms with Gasteiger partial charge in [-0.05, 0) is 49.6 Å². The van der Waals surface area contributed by atoms with Crippen molar-refractivity contribution < 1.29 is 27.4 Å². The molecule has 2 aromatic heterocycles. The molecule has 2 aromatic carbocycles. The molecule has 0 spiro atoms. The predicted octanol–water partition coefficient (Wildman–Crippen LogP) is 4.21. The monoisotopic (exact) mass is 579 g/mol. The van der Waals surface area contributed by atoms with Gasteiger partial charge in [0.1, 0.15) is 5.75 Å². The van der Waals surface area contributed by atoms with E-state index in [2.05, 4.69) is 15.3 Å². The lowest BCUT2D eigenvalue weighted by Crippen LogP contribution is -2.38. The molecule has 0 aliphatic carbocycles. The van der Waals surface area contributed by atoms with E-state index in [4.69, 9.17) is 14.2 Å². The maximum atomic E-state index is 13.4. The van der Waals surface area contributed by atoms with Gasteiger partial charge in [-0.1, -0.05) is 30.3 Å². The molecule has 1 saturated heterocycles. The molecule has 1 amide bonds. The van der Waals surface area contributed by atoms with Crippen LogP contribution in [0.5, 0.6) is 11.6 Å². The van der Waals surface area contributed by atoms with Crippen LogP contribution >= 0.6 is 0 Å². The average Bonchev–Trinajstić information content (AvgIpc) is 3.61. The Morgan fingerprint density at radius 2 is 1.90 bits per heavy atom. The third-order valence-corrected chi connectivity index (χ3v) is 8.53. The molecule has 11 nitrogen and oxygen atoms in total. The smallest absolute Gasteiger partial charge is 0.254 e. The molecular weight excluding hydrogens is 546 g/mol. The third-order valence-electron chi connectivity index (χ3n) is 6.94. The standard InChI is InChI=1S/C29H33N5O6S/c1-4-40-27-23-14-16-34(41(36,37)19-20-9-6-5-7-10-20)26(23)31-29(32-27)30-24-13-12-21(17-25(24)39-3)28(35)33-15-8-11-22(33)18-38-2/h5-7,9-10,12-14,16-17,22H,4,8,11,15,18-19H2,1-3H3,(H,30,31,32)/t22-/m0/s1. The molecule has 0 radical (unpaired) electrons. The zero-order chi connectivity index (χ0) is 29.0. The van der Waals surface area contributed by atoms with E-state index in [1.807, 2.05) is 17.9 Å². The molecule has 1 fully saturated rings. The van der Waals surface area contributed by atoms with Crippen LogP contribution in [0.1, 0.15) is 35.7 Å². The summed E-state index contributed by atoms with van der Waals surface area (Å²) >= 11 is 0. The van der Waals surface area contributed by atoms with E-state index in [0.717, 1.165) is 16.8 Å². The molecule has 4 aromatic rings. The van der Waals surface area contributed by atoms with Gasteiger partial charge in [0.2, 0.25) is 21.9 Å². The lowest BCUT2D eigenvalue weighted by molar-refractivity contribution is 0.0630. The Balaban J connectivity index is 1.47. The molecule has 5 rings (SSSR count). The number of hydrogen-bond donors (Lipinski definition) is 1. The highest BCUT2D eigenvalue weighted by Gasteiger charge is 2.30. The van der Waals surface area contributed by atoms with Gasteiger partial charge < -0.3 is 24.4 Å². The summed E-state index contributed by atoms with van der Waals surface area (Å²) in [4.78, 5) is 24.1. The van der Waals surface area contributed by atoms with Crippen LogP contribution < -0.4 is 14.8 Å². The van der Waals surface area contributed by atoms with Gasteiger partial charge in [0.25, 0.3) is 5.91 Å². The number of carbonyl (C=O) groups excluding carboxylic acids is 1. The van der Waals surface area contributed by atoms with Crippen LogP contribution in [0.25, 0.3) is 11.0 Å². The number of carbonyl (C=O) groups is 1. The van der Waals surface area contributed by atoms with E-state index in [1.165, 1.54) is 13.3 Å². The molecule has 0 unspecified atom stereocenters. The van der Waals surface area contributed by atoms with Crippen LogP contribution in [-0.2, 0) is 20.5 Å². The molecular formula is C29H33N5O6S. The second-order valence-corrected chi connectivity index (χ2v) is 11.5. The van der Waals surface area contributed by atoms with Crippen LogP contribution in [0.3, 0.4) is 0 Å². The van der Waals surface area contributed by atoms with Crippen molar-refractivity contribution in [1.82, 2.24) is 18.8 Å². The van der Waals surface area contributed by atoms with Crippen molar-refractivity contribution in [3.63, 3.8) is 0 Å². The molecule has 41 heavy (non-hydrogen) atoms. The van der Waals surface area contributed by atoms with Crippen molar-refractivity contribution in [3.05, 3.63) is 71.9 Å². The number of methoxy groups -OCH3 is 2. The number of aromatic nitrogens is 3. The Kier molecular flexibility index (Phi) is 8.41. The van der Waals surface area contributed by atoms with Crippen LogP contribution in [0.2, 0.25) is 0 Å². The summed E-state index contributed by atoms with van der Waals surface area (Å²) < 4.78 is 44.5. The summed E-state index contributed by atoms with van der Waals surface area (Å²) in [5, 5.41) is 3.59. The van der Waals surface area contributed by atoms with Crippen molar-refractivity contribution in [2.75, 3.05) is 39.3 Å². The Labute approximate surface area is 239 Å². The maximum Gasteiger partial charge on any atom is 0.254 e. The van der Waals surface area contributed by atoms with Gasteiger partial charge in [-0.3, -0.25) is 4.79 Å². The highest BCUT2D eigenvalue weighted by atomic mass is 32.2. The van der Waals surface area contributed by atoms with Gasteiger partial charge in [0, 0.05) is 25.4 Å². The SMILES string of the molecule is CCOc1nc(Nc2ccc(C(=O)N3CCC[C@H]3COC)cc2OC)nc2c1ccn2S(=O)(=O)Cc1ccccc1. The number of rotatable bonds is 11. The van der Waals surface area contributed by atoms with E-state index in [9.17, 15) is 13.2 Å². The zero-order valence-corrected chi connectivity index (χ0v) is 24.1. The molecule has 1 N–H and O–H groups in total. The number of hydrogen-bond acceptors (Lipinski definition) is 9. The summed E-state index contributed by atoms with van der Waals surface area (Å²) in [6, 6.07) is 15.7. The Morgan fingerprint density at radius 3 is 2.63 bits per heavy atom. The molecule has 3 heterocycles. The van der Waals surface area contributed by atoms with Gasteiger partial charge in [-0.2, -0.15) is 9.97 Å². The Morgan fingerprint density at radius 1 is 1.10 bits per heavy atom. The lowest BCUT2D eigenvalue weighted by atomic mass is 10.1. The molecule has 1 aliphatic heterocycles. The van der Waals surface area contributed by atoms with E-state index >= 15 is 0 Å². The number of fused-ring (bicyclic) bond motifs is 1. The zero-order valence-electron chi connectivity index (χ0n) is 23.2. The first-order valence-corrected chi connectivity index (χ1v) is 15.0. The van der Waals surface area contributed by atoms with Gasteiger partial charge >= 0.3 is 0 Å². The fourth-order valence-corrected chi connectivity index (χ4v) is 6.43. The largest absolute Gasteiger partial charge is 0.495 e. The van der Waals surface area contributed by atoms with Crippen LogP contribution in [0.15, 0.2) is 60.8 Å². The first-order chi connectivity index (χ1) is 19.8. The second-order valence-electron chi connectivity index (χ2n) is 9.67. The first kappa shape index (κ1) is 28.4. The lowest BCUT2D eigenvalue weighted by Gasteiger charge is -2.24. The minimum atomic E-state index is -3.80. The molecule has 0 bridgehead atoms. The Bertz CT molecular complexity index is 1640. The Hall–Kier alpha value is -4.16. The first-order valence-electron chi connectivity index (χ1n) is 13.4. The fourth-order valence-electron chi connectivity index (χ4n) is 5.03. The van der Waals surface area contributed by atoms with E-state index in [-0.39, 0.29) is 35.2 Å². The van der Waals surface area contributed by atoms with Crippen molar-refractivity contribution in [3.8, 4) is 11.6 Å². The van der Waals surface area contributed by atoms with Crippen LogP contribution in [-0.4, -0.2) is 73.2 Å². The topological polar surface area (TPSA) is 125 Å². The van der Waals surface area contributed by atoms with Gasteiger partial charge in [0.15, 0.2) is 5.65 Å². The number of anilines is 2. The highest BCUT2D eigenvalue weighted by Crippen LogP contribution is 2.32. The number of amides is 1. The molecule has 1 atom stereocenters. The predicted molar refractivity (Wildman–Crippen MR) is 155 cm³/mol. The summed E-state index contributed by atoms with van der Waals surface area (Å²) in [5.41, 5.74) is 1.84. The quantitative estimate of drug-likeness (QED) is 0.278. The minimum absolute atomic E-state index is 0.0443. The van der Waals surface area contributed by atoms with Crippen LogP contribution in [0.4, 0.5) is 11.6 Å².